The van der Waals surface area contributed by atoms with Gasteiger partial charge in [-0.05, 0) is 116 Å². The van der Waals surface area contributed by atoms with Crippen LogP contribution in [0.1, 0.15) is 0 Å². The number of fused-ring (bicyclic) bond motifs is 5. The number of benzene rings is 10. The molecule has 0 radical (unpaired) electrons. The first-order chi connectivity index (χ1) is 31.7. The summed E-state index contributed by atoms with van der Waals surface area (Å²) >= 11 is 0. The van der Waals surface area contributed by atoms with Gasteiger partial charge in [-0.3, -0.25) is 0 Å². The van der Waals surface area contributed by atoms with Crippen LogP contribution in [-0.4, -0.2) is 8.07 Å². The quantitative estimate of drug-likeness (QED) is 0.142. The van der Waals surface area contributed by atoms with Crippen molar-refractivity contribution in [3.63, 3.8) is 0 Å². The first kappa shape index (κ1) is 37.6. The van der Waals surface area contributed by atoms with E-state index in [2.05, 4.69) is 265 Å². The number of hydrogen-bond acceptors (Lipinski definition) is 3. The average molecular weight is 835 g/mol. The molecule has 1 aromatic heterocycles. The van der Waals surface area contributed by atoms with E-state index >= 15 is 0 Å². The Hall–Kier alpha value is -8.18. The number of rotatable bonds is 8. The lowest BCUT2D eigenvalue weighted by Gasteiger charge is -2.45. The van der Waals surface area contributed by atoms with Gasteiger partial charge in [-0.15, -0.1) is 0 Å². The molecular formula is C60H42N2OSi. The van der Waals surface area contributed by atoms with Crippen molar-refractivity contribution >= 4 is 84.9 Å². The summed E-state index contributed by atoms with van der Waals surface area (Å²) in [7, 11) is -2.79. The van der Waals surface area contributed by atoms with Crippen molar-refractivity contribution in [3.8, 4) is 22.3 Å². The smallest absolute Gasteiger partial charge is 0.184 e. The van der Waals surface area contributed by atoms with Crippen molar-refractivity contribution in [1.82, 2.24) is 0 Å². The van der Waals surface area contributed by atoms with E-state index in [1.165, 1.54) is 43.2 Å². The molecule has 0 unspecified atom stereocenters. The number of para-hydroxylation sites is 3. The molecule has 0 bridgehead atoms. The lowest BCUT2D eigenvalue weighted by Crippen LogP contribution is -2.77. The summed E-state index contributed by atoms with van der Waals surface area (Å²) in [6.07, 6.45) is 0. The number of hydrogen-bond donors (Lipinski definition) is 0. The highest BCUT2D eigenvalue weighted by Crippen LogP contribution is 2.42. The molecule has 64 heavy (non-hydrogen) atoms. The normalized spacial score (nSPS) is 12.8. The fourth-order valence-corrected chi connectivity index (χ4v) is 15.1. The van der Waals surface area contributed by atoms with Gasteiger partial charge in [0.05, 0.1) is 0 Å². The molecule has 0 fully saturated rings. The van der Waals surface area contributed by atoms with E-state index < -0.39 is 8.07 Å². The van der Waals surface area contributed by atoms with E-state index in [1.807, 2.05) is 0 Å². The van der Waals surface area contributed by atoms with Gasteiger partial charge in [0.1, 0.15) is 11.2 Å². The van der Waals surface area contributed by atoms with Crippen LogP contribution in [0.4, 0.5) is 34.1 Å². The predicted octanol–water partition coefficient (Wildman–Crippen LogP) is 13.6. The van der Waals surface area contributed by atoms with Crippen molar-refractivity contribution < 1.29 is 4.42 Å². The van der Waals surface area contributed by atoms with Gasteiger partial charge in [-0.1, -0.05) is 176 Å². The Morgan fingerprint density at radius 1 is 0.328 bits per heavy atom. The van der Waals surface area contributed by atoms with Gasteiger partial charge < -0.3 is 14.2 Å². The minimum Gasteiger partial charge on any atom is -0.456 e. The van der Waals surface area contributed by atoms with Crippen LogP contribution in [-0.2, 0) is 0 Å². The molecule has 1 aliphatic heterocycles. The fourth-order valence-electron chi connectivity index (χ4n) is 10.0. The highest BCUT2D eigenvalue weighted by atomic mass is 28.3. The Labute approximate surface area is 374 Å². The first-order valence-corrected chi connectivity index (χ1v) is 23.9. The van der Waals surface area contributed by atoms with Gasteiger partial charge in [0.25, 0.3) is 0 Å². The summed E-state index contributed by atoms with van der Waals surface area (Å²) in [6.45, 7) is 0. The Kier molecular flexibility index (Phi) is 9.17. The summed E-state index contributed by atoms with van der Waals surface area (Å²) in [5.74, 6) is 0. The molecule has 0 N–H and O–H groups in total. The zero-order valence-electron chi connectivity index (χ0n) is 35.1. The molecule has 0 saturated carbocycles. The predicted molar refractivity (Wildman–Crippen MR) is 271 cm³/mol. The minimum atomic E-state index is -2.79. The third-order valence-corrected chi connectivity index (χ3v) is 17.8. The van der Waals surface area contributed by atoms with Crippen LogP contribution in [0, 0.1) is 0 Å². The highest BCUT2D eigenvalue weighted by molar-refractivity contribution is 7.21. The highest BCUT2D eigenvalue weighted by Gasteiger charge is 2.48. The van der Waals surface area contributed by atoms with E-state index in [1.54, 1.807) is 0 Å². The maximum atomic E-state index is 6.82. The maximum Gasteiger partial charge on any atom is 0.184 e. The Morgan fingerprint density at radius 2 is 0.797 bits per heavy atom. The second-order valence-corrected chi connectivity index (χ2v) is 20.2. The standard InChI is InChI=1S/C60H42N2OSi/c1-6-18-43(19-7-1)44-30-34-49(35-31-44)61(47-20-8-2-9-21-47)50-36-38-54-53-37-32-46(41-57(53)63-58(54)42-50)45-33-39-60-56(40-45)62(48-22-10-3-11-23-48)55-28-16-17-29-59(55)64(60,51-24-12-4-13-25-51)52-26-14-5-15-27-52/h1-42H. The Bertz CT molecular complexity index is 3390. The molecule has 12 rings (SSSR count). The lowest BCUT2D eigenvalue weighted by atomic mass is 10.0. The maximum absolute atomic E-state index is 6.82. The van der Waals surface area contributed by atoms with Gasteiger partial charge in [-0.25, -0.2) is 0 Å². The molecule has 4 heteroatoms. The van der Waals surface area contributed by atoms with Crippen LogP contribution in [0.25, 0.3) is 44.2 Å². The minimum absolute atomic E-state index is 0.852. The topological polar surface area (TPSA) is 19.6 Å². The van der Waals surface area contributed by atoms with Gasteiger partial charge in [0, 0.05) is 51.0 Å². The van der Waals surface area contributed by atoms with Crippen molar-refractivity contribution in [1.29, 1.82) is 0 Å². The van der Waals surface area contributed by atoms with Crippen molar-refractivity contribution in [2.24, 2.45) is 0 Å². The van der Waals surface area contributed by atoms with Crippen LogP contribution in [0.5, 0.6) is 0 Å². The van der Waals surface area contributed by atoms with Crippen LogP contribution < -0.4 is 30.5 Å². The molecule has 0 saturated heterocycles. The average Bonchev–Trinajstić information content (AvgIpc) is 3.74. The first-order valence-electron chi connectivity index (χ1n) is 21.9. The molecule has 2 heterocycles. The van der Waals surface area contributed by atoms with Crippen LogP contribution in [0.3, 0.4) is 0 Å². The van der Waals surface area contributed by atoms with Gasteiger partial charge in [0.2, 0.25) is 0 Å². The molecule has 302 valence electrons. The molecule has 0 amide bonds. The monoisotopic (exact) mass is 834 g/mol. The Balaban J connectivity index is 0.992. The third-order valence-electron chi connectivity index (χ3n) is 12.9. The van der Waals surface area contributed by atoms with E-state index in [0.717, 1.165) is 55.8 Å². The van der Waals surface area contributed by atoms with E-state index in [9.17, 15) is 0 Å². The van der Waals surface area contributed by atoms with Crippen molar-refractivity contribution in [2.75, 3.05) is 9.80 Å². The molecule has 0 atom stereocenters. The fraction of sp³-hybridized carbons (Fsp3) is 0. The van der Waals surface area contributed by atoms with Crippen LogP contribution >= 0.6 is 0 Å². The molecule has 3 nitrogen and oxygen atoms in total. The molecule has 1 aliphatic rings. The second-order valence-electron chi connectivity index (χ2n) is 16.5. The van der Waals surface area contributed by atoms with E-state index in [-0.39, 0.29) is 0 Å². The summed E-state index contributed by atoms with van der Waals surface area (Å²) in [4.78, 5) is 4.77. The van der Waals surface area contributed by atoms with Crippen molar-refractivity contribution in [3.05, 3.63) is 255 Å². The number of furan rings is 1. The summed E-state index contributed by atoms with van der Waals surface area (Å²) in [5.41, 5.74) is 13.1. The number of anilines is 6. The SMILES string of the molecule is c1ccc(-c2ccc(N(c3ccccc3)c3ccc4c(c3)oc3cc(-c5ccc6c(c5)N(c5ccccc5)c5ccccc5[Si]6(c5ccccc5)c5ccccc5)ccc34)cc2)cc1. The molecule has 11 aromatic rings. The molecule has 0 spiro atoms. The van der Waals surface area contributed by atoms with Crippen LogP contribution in [0.15, 0.2) is 259 Å². The summed E-state index contributed by atoms with van der Waals surface area (Å²) < 4.78 is 6.82. The van der Waals surface area contributed by atoms with Crippen molar-refractivity contribution in [2.45, 2.75) is 0 Å². The zero-order valence-corrected chi connectivity index (χ0v) is 36.1. The largest absolute Gasteiger partial charge is 0.456 e. The lowest BCUT2D eigenvalue weighted by molar-refractivity contribution is 0.669. The van der Waals surface area contributed by atoms with Gasteiger partial charge >= 0.3 is 0 Å². The zero-order chi connectivity index (χ0) is 42.5. The Morgan fingerprint density at radius 3 is 1.48 bits per heavy atom. The summed E-state index contributed by atoms with van der Waals surface area (Å²) in [6, 6.07) is 92.6. The number of nitrogens with zero attached hydrogens (tertiary/aromatic N) is 2. The molecular weight excluding hydrogens is 793 g/mol. The second kappa shape index (κ2) is 15.6. The van der Waals surface area contributed by atoms with Crippen LogP contribution in [0.2, 0.25) is 0 Å². The van der Waals surface area contributed by atoms with E-state index in [0.29, 0.717) is 0 Å². The van der Waals surface area contributed by atoms with Gasteiger partial charge in [-0.2, -0.15) is 0 Å². The third kappa shape index (κ3) is 6.18. The van der Waals surface area contributed by atoms with E-state index in [4.69, 9.17) is 4.42 Å². The summed E-state index contributed by atoms with van der Waals surface area (Å²) in [5, 5.41) is 7.68. The van der Waals surface area contributed by atoms with Gasteiger partial charge in [0.15, 0.2) is 8.07 Å². The molecule has 10 aromatic carbocycles. The molecule has 0 aliphatic carbocycles.